The molecular formula is C29H31F5N2O3S. The minimum Gasteiger partial charge on any atom is -0.497 e. The van der Waals surface area contributed by atoms with Crippen molar-refractivity contribution in [3.05, 3.63) is 65.4 Å². The highest BCUT2D eigenvalue weighted by Crippen LogP contribution is 2.36. The Morgan fingerprint density at radius 3 is 2.70 bits per heavy atom. The summed E-state index contributed by atoms with van der Waals surface area (Å²) < 4.78 is 75.1. The first-order chi connectivity index (χ1) is 19.2. The van der Waals surface area contributed by atoms with Crippen LogP contribution in [0.25, 0.3) is 10.9 Å². The number of carbonyl (C=O) groups is 1. The Hall–Kier alpha value is -2.92. The fourth-order valence-corrected chi connectivity index (χ4v) is 6.29. The summed E-state index contributed by atoms with van der Waals surface area (Å²) in [5.41, 5.74) is 1.20. The fourth-order valence-electron chi connectivity index (χ4n) is 5.40. The van der Waals surface area contributed by atoms with Gasteiger partial charge in [0.2, 0.25) is 0 Å². The summed E-state index contributed by atoms with van der Waals surface area (Å²) in [5, 5.41) is 10.2. The molecule has 1 saturated heterocycles. The lowest BCUT2D eigenvalue weighted by Crippen LogP contribution is -2.42. The van der Waals surface area contributed by atoms with Gasteiger partial charge in [0.05, 0.1) is 17.5 Å². The minimum absolute atomic E-state index is 0.0342. The molecule has 1 aliphatic rings. The van der Waals surface area contributed by atoms with Gasteiger partial charge in [-0.1, -0.05) is 0 Å². The number of carboxylic acid groups (broad SMARTS) is 1. The Kier molecular flexibility index (Phi) is 10.2. The molecule has 2 aromatic carbocycles. The first-order valence-electron chi connectivity index (χ1n) is 13.1. The van der Waals surface area contributed by atoms with E-state index in [0.29, 0.717) is 67.2 Å². The van der Waals surface area contributed by atoms with E-state index in [4.69, 9.17) is 4.74 Å². The normalized spacial score (nSPS) is 18.6. The van der Waals surface area contributed by atoms with Crippen LogP contribution in [0.2, 0.25) is 0 Å². The number of hydrogen-bond donors (Lipinski definition) is 1. The summed E-state index contributed by atoms with van der Waals surface area (Å²) in [7, 11) is 1.55. The van der Waals surface area contributed by atoms with E-state index < -0.39 is 40.3 Å². The maximum atomic E-state index is 15.5. The molecule has 5 nitrogen and oxygen atoms in total. The van der Waals surface area contributed by atoms with Crippen LogP contribution in [0.5, 0.6) is 5.75 Å². The van der Waals surface area contributed by atoms with Gasteiger partial charge >= 0.3 is 5.97 Å². The minimum atomic E-state index is -1.70. The van der Waals surface area contributed by atoms with E-state index >= 15 is 4.39 Å². The highest BCUT2D eigenvalue weighted by Gasteiger charge is 2.31. The monoisotopic (exact) mass is 582 g/mol. The number of hydrogen-bond acceptors (Lipinski definition) is 5. The number of aromatic nitrogens is 1. The van der Waals surface area contributed by atoms with Crippen molar-refractivity contribution in [1.82, 2.24) is 9.88 Å². The predicted octanol–water partition coefficient (Wildman–Crippen LogP) is 7.19. The van der Waals surface area contributed by atoms with Crippen LogP contribution in [0.1, 0.15) is 43.8 Å². The molecule has 1 fully saturated rings. The number of benzene rings is 2. The maximum Gasteiger partial charge on any atom is 0.303 e. The second kappa shape index (κ2) is 13.6. The van der Waals surface area contributed by atoms with Crippen LogP contribution in [0.3, 0.4) is 0 Å². The van der Waals surface area contributed by atoms with Crippen molar-refractivity contribution in [2.75, 3.05) is 32.5 Å². The first kappa shape index (κ1) is 30.0. The van der Waals surface area contributed by atoms with E-state index in [9.17, 15) is 27.5 Å². The molecule has 0 aliphatic carbocycles. The van der Waals surface area contributed by atoms with Gasteiger partial charge in [-0.2, -0.15) is 0 Å². The summed E-state index contributed by atoms with van der Waals surface area (Å²) in [6.45, 7) is 1.76. The number of pyridine rings is 1. The fraction of sp³-hybridized carbons (Fsp3) is 0.448. The number of aliphatic carboxylic acids is 1. The lowest BCUT2D eigenvalue weighted by molar-refractivity contribution is -0.139. The molecule has 0 amide bonds. The quantitative estimate of drug-likeness (QED) is 0.0802. The number of likely N-dealkylation sites (tertiary alicyclic amines) is 1. The molecule has 4 rings (SSSR count). The second-order valence-electron chi connectivity index (χ2n) is 10.0. The van der Waals surface area contributed by atoms with Crippen LogP contribution in [-0.4, -0.2) is 53.5 Å². The summed E-state index contributed by atoms with van der Waals surface area (Å²) in [4.78, 5) is 17.4. The number of halogens is 5. The molecule has 1 N–H and O–H groups in total. The smallest absolute Gasteiger partial charge is 0.303 e. The molecule has 3 aromatic rings. The van der Waals surface area contributed by atoms with E-state index in [0.717, 1.165) is 11.8 Å². The number of alkyl halides is 1. The van der Waals surface area contributed by atoms with Gasteiger partial charge < -0.3 is 14.7 Å². The zero-order valence-corrected chi connectivity index (χ0v) is 22.8. The molecule has 0 unspecified atom stereocenters. The third-order valence-electron chi connectivity index (χ3n) is 7.46. The Morgan fingerprint density at radius 2 is 1.95 bits per heavy atom. The molecule has 2 heterocycles. The van der Waals surface area contributed by atoms with Crippen LogP contribution in [0.4, 0.5) is 22.0 Å². The van der Waals surface area contributed by atoms with E-state index in [-0.39, 0.29) is 30.4 Å². The van der Waals surface area contributed by atoms with Crippen molar-refractivity contribution in [2.45, 2.75) is 43.2 Å². The maximum absolute atomic E-state index is 15.5. The van der Waals surface area contributed by atoms with Gasteiger partial charge in [0.25, 0.3) is 0 Å². The average molecular weight is 583 g/mol. The van der Waals surface area contributed by atoms with Gasteiger partial charge in [0.15, 0.2) is 17.5 Å². The average Bonchev–Trinajstić information content (AvgIpc) is 2.94. The van der Waals surface area contributed by atoms with Crippen molar-refractivity contribution in [1.29, 1.82) is 0 Å². The zero-order chi connectivity index (χ0) is 28.8. The first-order valence-corrected chi connectivity index (χ1v) is 14.1. The number of thioether (sulfide) groups is 1. The molecule has 3 atom stereocenters. The van der Waals surface area contributed by atoms with Gasteiger partial charge in [-0.3, -0.25) is 9.78 Å². The second-order valence-corrected chi connectivity index (χ2v) is 11.1. The Bertz CT molecular complexity index is 1340. The van der Waals surface area contributed by atoms with Crippen LogP contribution < -0.4 is 4.74 Å². The molecule has 40 heavy (non-hydrogen) atoms. The third-order valence-corrected chi connectivity index (χ3v) is 8.62. The zero-order valence-electron chi connectivity index (χ0n) is 22.0. The Balaban J connectivity index is 1.32. The molecule has 0 saturated carbocycles. The molecule has 1 aromatic heterocycles. The lowest BCUT2D eigenvalue weighted by Gasteiger charge is -2.38. The van der Waals surface area contributed by atoms with Gasteiger partial charge in [0, 0.05) is 30.6 Å². The number of ether oxygens (including phenoxy) is 1. The van der Waals surface area contributed by atoms with Crippen LogP contribution >= 0.6 is 11.8 Å². The van der Waals surface area contributed by atoms with E-state index in [1.807, 2.05) is 0 Å². The molecule has 0 bridgehead atoms. The molecule has 11 heteroatoms. The summed E-state index contributed by atoms with van der Waals surface area (Å²) >= 11 is 0.778. The molecule has 216 valence electrons. The van der Waals surface area contributed by atoms with Gasteiger partial charge in [-0.05, 0) is 86.2 Å². The molecule has 0 radical (unpaired) electrons. The largest absolute Gasteiger partial charge is 0.497 e. The van der Waals surface area contributed by atoms with Gasteiger partial charge in [-0.25, -0.2) is 22.0 Å². The Morgan fingerprint density at radius 1 is 1.15 bits per heavy atom. The predicted molar refractivity (Wildman–Crippen MR) is 143 cm³/mol. The van der Waals surface area contributed by atoms with Gasteiger partial charge in [-0.15, -0.1) is 11.8 Å². The highest BCUT2D eigenvalue weighted by atomic mass is 32.2. The van der Waals surface area contributed by atoms with Crippen molar-refractivity contribution in [3.8, 4) is 5.75 Å². The van der Waals surface area contributed by atoms with E-state index in [1.165, 1.54) is 0 Å². The standard InChI is InChI=1S/C29H31F5N2O3S/c1-39-19-4-6-25-21(14-19)20(7-9-35-25)22(30)5-3-17-8-11-36(16-18(17)13-26(37)38)10-2-12-40-29-24(32)15-23(31)27(33)28(29)34/h4,6-7,9,14-15,17-18,22H,2-3,5,8,10-13,16H2,1H3,(H,37,38)/t17-,18+,22-/m1/s1. The van der Waals surface area contributed by atoms with E-state index in [2.05, 4.69) is 9.88 Å². The topological polar surface area (TPSA) is 62.7 Å². The molecular weight excluding hydrogens is 551 g/mol. The summed E-state index contributed by atoms with van der Waals surface area (Å²) in [5.74, 6) is -6.10. The number of nitrogens with zero attached hydrogens (tertiary/aromatic N) is 2. The number of piperidine rings is 1. The third kappa shape index (κ3) is 7.23. The van der Waals surface area contributed by atoms with Crippen LogP contribution in [0, 0.1) is 35.1 Å². The van der Waals surface area contributed by atoms with Crippen LogP contribution in [0.15, 0.2) is 41.4 Å². The van der Waals surface area contributed by atoms with Gasteiger partial charge in [0.1, 0.15) is 17.7 Å². The van der Waals surface area contributed by atoms with Crippen molar-refractivity contribution < 1.29 is 36.6 Å². The summed E-state index contributed by atoms with van der Waals surface area (Å²) in [6.07, 6.45) is 2.30. The Labute approximate surface area is 233 Å². The molecule has 1 aliphatic heterocycles. The van der Waals surface area contributed by atoms with Crippen LogP contribution in [-0.2, 0) is 4.79 Å². The lowest BCUT2D eigenvalue weighted by atomic mass is 9.79. The number of fused-ring (bicyclic) bond motifs is 1. The van der Waals surface area contributed by atoms with Crippen molar-refractivity contribution in [3.63, 3.8) is 0 Å². The number of carboxylic acids is 1. The number of rotatable bonds is 12. The SMILES string of the molecule is COc1ccc2nccc([C@H](F)CC[C@@H]3CCN(CCCSc4c(F)cc(F)c(F)c4F)C[C@@H]3CC(=O)O)c2c1. The van der Waals surface area contributed by atoms with E-state index in [1.54, 1.807) is 37.6 Å². The molecule has 0 spiro atoms. The van der Waals surface area contributed by atoms with Crippen molar-refractivity contribution in [2.24, 2.45) is 11.8 Å². The number of methoxy groups -OCH3 is 1. The van der Waals surface area contributed by atoms with Crippen molar-refractivity contribution >= 4 is 28.6 Å². The summed E-state index contributed by atoms with van der Waals surface area (Å²) in [6, 6.07) is 7.32. The highest BCUT2D eigenvalue weighted by molar-refractivity contribution is 7.99.